The fraction of sp³-hybridized carbons (Fsp3) is 0.680. The summed E-state index contributed by atoms with van der Waals surface area (Å²) in [5.41, 5.74) is 6.65. The molecule has 8 heteroatoms. The Kier molecular flexibility index (Phi) is 9.67. The van der Waals surface area contributed by atoms with Gasteiger partial charge in [-0.2, -0.15) is 5.10 Å². The van der Waals surface area contributed by atoms with Gasteiger partial charge in [0.25, 0.3) is 0 Å². The minimum absolute atomic E-state index is 0.294. The lowest BCUT2D eigenvalue weighted by Crippen LogP contribution is -2.44. The van der Waals surface area contributed by atoms with Crippen LogP contribution >= 0.6 is 0 Å². The molecule has 4 atom stereocenters. The van der Waals surface area contributed by atoms with E-state index < -0.39 is 11.7 Å². The molecule has 1 aliphatic heterocycles. The van der Waals surface area contributed by atoms with Gasteiger partial charge in [-0.15, -0.1) is 0 Å². The zero-order valence-corrected chi connectivity index (χ0v) is 20.4. The standard InChI is InChI=1S/C25H40N4O4/c1-5-9-14-30-17-20-22(31-15-10-6-2)23(32-16-11-7-3)25(8-4,33-20)21-13-12-19-24(26)27-18-28-29(19)21/h8,12-13,18,20,22-23H,4-7,9-11,14-17H2,1-3H3,(H2,26,27,28)/t20-,22-,23-,25+/m1/s1. The quantitative estimate of drug-likeness (QED) is 0.313. The van der Waals surface area contributed by atoms with Crippen LogP contribution in [0.4, 0.5) is 5.82 Å². The van der Waals surface area contributed by atoms with Gasteiger partial charge in [0.05, 0.1) is 12.3 Å². The molecular weight excluding hydrogens is 420 g/mol. The van der Waals surface area contributed by atoms with Crippen molar-refractivity contribution in [2.75, 3.05) is 32.2 Å². The summed E-state index contributed by atoms with van der Waals surface area (Å²) in [4.78, 5) is 4.12. The molecule has 0 unspecified atom stereocenters. The molecule has 0 amide bonds. The number of rotatable bonds is 15. The molecule has 1 fully saturated rings. The Hall–Kier alpha value is -2.00. The fourth-order valence-corrected chi connectivity index (χ4v) is 4.25. The first kappa shape index (κ1) is 25.6. The monoisotopic (exact) mass is 460 g/mol. The molecular formula is C25H40N4O4. The number of aromatic nitrogens is 3. The Morgan fingerprint density at radius 2 is 1.79 bits per heavy atom. The van der Waals surface area contributed by atoms with Gasteiger partial charge >= 0.3 is 0 Å². The summed E-state index contributed by atoms with van der Waals surface area (Å²) in [5.74, 6) is 0.409. The van der Waals surface area contributed by atoms with Crippen molar-refractivity contribution in [1.82, 2.24) is 14.6 Å². The van der Waals surface area contributed by atoms with Crippen molar-refractivity contribution in [3.63, 3.8) is 0 Å². The molecule has 0 radical (unpaired) electrons. The summed E-state index contributed by atoms with van der Waals surface area (Å²) in [6.45, 7) is 13.0. The third-order valence-electron chi connectivity index (χ3n) is 6.15. The molecule has 2 aromatic heterocycles. The van der Waals surface area contributed by atoms with E-state index in [1.165, 1.54) is 6.33 Å². The number of unbranched alkanes of at least 4 members (excludes halogenated alkanes) is 3. The number of anilines is 1. The van der Waals surface area contributed by atoms with Crippen LogP contribution in [-0.4, -0.2) is 59.3 Å². The second-order valence-corrected chi connectivity index (χ2v) is 8.58. The van der Waals surface area contributed by atoms with Crippen molar-refractivity contribution < 1.29 is 18.9 Å². The van der Waals surface area contributed by atoms with Crippen molar-refractivity contribution in [2.24, 2.45) is 0 Å². The smallest absolute Gasteiger partial charge is 0.157 e. The number of ether oxygens (including phenoxy) is 4. The number of nitrogens with zero attached hydrogens (tertiary/aromatic N) is 3. The van der Waals surface area contributed by atoms with Crippen LogP contribution in [-0.2, 0) is 24.5 Å². The van der Waals surface area contributed by atoms with Gasteiger partial charge in [-0.1, -0.05) is 52.7 Å². The predicted molar refractivity (Wildman–Crippen MR) is 129 cm³/mol. The first-order valence-electron chi connectivity index (χ1n) is 12.3. The minimum Gasteiger partial charge on any atom is -0.382 e. The van der Waals surface area contributed by atoms with E-state index in [-0.39, 0.29) is 12.2 Å². The molecule has 3 heterocycles. The van der Waals surface area contributed by atoms with Gasteiger partial charge in [0, 0.05) is 19.8 Å². The molecule has 0 aliphatic carbocycles. The first-order chi connectivity index (χ1) is 16.1. The molecule has 3 rings (SSSR count). The highest BCUT2D eigenvalue weighted by molar-refractivity contribution is 5.66. The van der Waals surface area contributed by atoms with Crippen molar-refractivity contribution in [1.29, 1.82) is 0 Å². The van der Waals surface area contributed by atoms with E-state index in [0.717, 1.165) is 49.7 Å². The lowest BCUT2D eigenvalue weighted by atomic mass is 9.90. The van der Waals surface area contributed by atoms with E-state index in [9.17, 15) is 0 Å². The average molecular weight is 461 g/mol. The highest BCUT2D eigenvalue weighted by Crippen LogP contribution is 2.44. The summed E-state index contributed by atoms with van der Waals surface area (Å²) in [6.07, 6.45) is 8.38. The number of nitrogen functional groups attached to an aromatic ring is 1. The van der Waals surface area contributed by atoms with Crippen molar-refractivity contribution >= 4 is 11.3 Å². The van der Waals surface area contributed by atoms with E-state index in [0.29, 0.717) is 32.2 Å². The van der Waals surface area contributed by atoms with Gasteiger partial charge in [-0.25, -0.2) is 9.50 Å². The molecule has 8 nitrogen and oxygen atoms in total. The molecule has 2 N–H and O–H groups in total. The van der Waals surface area contributed by atoms with Crippen LogP contribution in [0.1, 0.15) is 65.0 Å². The maximum atomic E-state index is 6.74. The summed E-state index contributed by atoms with van der Waals surface area (Å²) in [5, 5.41) is 4.45. The molecule has 2 aromatic rings. The van der Waals surface area contributed by atoms with E-state index in [1.54, 1.807) is 4.52 Å². The van der Waals surface area contributed by atoms with Gasteiger partial charge in [-0.05, 0) is 31.4 Å². The summed E-state index contributed by atoms with van der Waals surface area (Å²) >= 11 is 0. The lowest BCUT2D eigenvalue weighted by Gasteiger charge is -2.32. The van der Waals surface area contributed by atoms with Crippen LogP contribution in [0, 0.1) is 0 Å². The maximum Gasteiger partial charge on any atom is 0.157 e. The zero-order chi connectivity index (χ0) is 23.7. The number of hydrogen-bond donors (Lipinski definition) is 1. The largest absolute Gasteiger partial charge is 0.382 e. The van der Waals surface area contributed by atoms with Gasteiger partial charge in [0.1, 0.15) is 30.2 Å². The molecule has 184 valence electrons. The average Bonchev–Trinajstić information content (AvgIpc) is 3.38. The second kappa shape index (κ2) is 12.5. The fourth-order valence-electron chi connectivity index (χ4n) is 4.25. The molecule has 0 spiro atoms. The third kappa shape index (κ3) is 5.57. The van der Waals surface area contributed by atoms with E-state index >= 15 is 0 Å². The van der Waals surface area contributed by atoms with Crippen molar-refractivity contribution in [3.8, 4) is 0 Å². The Bertz CT molecular complexity index is 873. The molecule has 0 bridgehead atoms. The maximum absolute atomic E-state index is 6.74. The summed E-state index contributed by atoms with van der Waals surface area (Å²) in [6, 6.07) is 3.86. The van der Waals surface area contributed by atoms with E-state index in [1.807, 2.05) is 18.2 Å². The van der Waals surface area contributed by atoms with Crippen LogP contribution in [0.2, 0.25) is 0 Å². The Morgan fingerprint density at radius 1 is 1.09 bits per heavy atom. The molecule has 0 saturated carbocycles. The Morgan fingerprint density at radius 3 is 2.48 bits per heavy atom. The molecule has 0 aromatic carbocycles. The number of fused-ring (bicyclic) bond motifs is 1. The molecule has 33 heavy (non-hydrogen) atoms. The zero-order valence-electron chi connectivity index (χ0n) is 20.4. The molecule has 1 aliphatic rings. The predicted octanol–water partition coefficient (Wildman–Crippen LogP) is 4.28. The van der Waals surface area contributed by atoms with Gasteiger partial charge in [0.15, 0.2) is 11.4 Å². The summed E-state index contributed by atoms with van der Waals surface area (Å²) < 4.78 is 27.4. The van der Waals surface area contributed by atoms with Crippen LogP contribution < -0.4 is 5.73 Å². The highest BCUT2D eigenvalue weighted by atomic mass is 16.6. The van der Waals surface area contributed by atoms with Crippen LogP contribution in [0.15, 0.2) is 31.1 Å². The number of hydrogen-bond acceptors (Lipinski definition) is 7. The SMILES string of the molecule is C=C[C@@]1(c2ccc3c(N)ncnn23)O[C@H](COCCCC)[C@@H](OCCCC)[C@H]1OCCCC. The van der Waals surface area contributed by atoms with Crippen LogP contribution in [0.3, 0.4) is 0 Å². The highest BCUT2D eigenvalue weighted by Gasteiger charge is 2.57. The van der Waals surface area contributed by atoms with E-state index in [2.05, 4.69) is 37.4 Å². The Labute approximate surface area is 197 Å². The minimum atomic E-state index is -0.962. The lowest BCUT2D eigenvalue weighted by molar-refractivity contribution is -0.0946. The van der Waals surface area contributed by atoms with Gasteiger partial charge < -0.3 is 24.7 Å². The second-order valence-electron chi connectivity index (χ2n) is 8.58. The molecule has 1 saturated heterocycles. The summed E-state index contributed by atoms with van der Waals surface area (Å²) in [7, 11) is 0. The first-order valence-corrected chi connectivity index (χ1v) is 12.3. The number of nitrogens with two attached hydrogens (primary N) is 1. The van der Waals surface area contributed by atoms with Crippen molar-refractivity contribution in [3.05, 3.63) is 36.8 Å². The topological polar surface area (TPSA) is 93.1 Å². The third-order valence-corrected chi connectivity index (χ3v) is 6.15. The van der Waals surface area contributed by atoms with Crippen LogP contribution in [0.5, 0.6) is 0 Å². The van der Waals surface area contributed by atoms with Gasteiger partial charge in [-0.3, -0.25) is 0 Å². The normalized spacial score (nSPS) is 25.1. The van der Waals surface area contributed by atoms with E-state index in [4.69, 9.17) is 24.7 Å². The van der Waals surface area contributed by atoms with Crippen molar-refractivity contribution in [2.45, 2.75) is 83.2 Å². The Balaban J connectivity index is 2.00. The van der Waals surface area contributed by atoms with Crippen LogP contribution in [0.25, 0.3) is 5.52 Å². The van der Waals surface area contributed by atoms with Gasteiger partial charge in [0.2, 0.25) is 0 Å².